The van der Waals surface area contributed by atoms with Gasteiger partial charge in [0.05, 0.1) is 13.0 Å². The maximum Gasteiger partial charge on any atom is 0.308 e. The predicted octanol–water partition coefficient (Wildman–Crippen LogP) is 2.24. The van der Waals surface area contributed by atoms with Gasteiger partial charge < -0.3 is 15.0 Å². The normalized spacial score (nSPS) is 16.0. The van der Waals surface area contributed by atoms with Crippen LogP contribution in [0, 0.1) is 11.8 Å². The third kappa shape index (κ3) is 5.58. The quantitative estimate of drug-likeness (QED) is 0.757. The number of rotatable bonds is 7. The Bertz CT molecular complexity index is 609. The largest absolute Gasteiger partial charge is 0.469 e. The van der Waals surface area contributed by atoms with Gasteiger partial charge in [-0.05, 0) is 43.7 Å². The lowest BCUT2D eigenvalue weighted by molar-refractivity contribution is -0.146. The molecule has 0 aromatic heterocycles. The van der Waals surface area contributed by atoms with Crippen molar-refractivity contribution in [1.82, 2.24) is 10.2 Å². The molecule has 2 rings (SSSR count). The van der Waals surface area contributed by atoms with Crippen molar-refractivity contribution in [2.45, 2.75) is 32.1 Å². The first kappa shape index (κ1) is 19.9. The minimum atomic E-state index is -0.265. The second-order valence-electron chi connectivity index (χ2n) is 6.77. The molecule has 1 aliphatic rings. The van der Waals surface area contributed by atoms with Gasteiger partial charge in [-0.25, -0.2) is 0 Å². The van der Waals surface area contributed by atoms with E-state index in [2.05, 4.69) is 5.32 Å². The molecule has 1 fully saturated rings. The summed E-state index contributed by atoms with van der Waals surface area (Å²) in [5.74, 6) is -0.158. The van der Waals surface area contributed by atoms with Crippen LogP contribution in [0.5, 0.6) is 0 Å². The number of likely N-dealkylation sites (tertiary alicyclic amines) is 1. The number of hydrogen-bond donors (Lipinski definition) is 1. The van der Waals surface area contributed by atoms with Crippen LogP contribution in [0.3, 0.4) is 0 Å². The smallest absolute Gasteiger partial charge is 0.308 e. The summed E-state index contributed by atoms with van der Waals surface area (Å²) in [6, 6.07) is 9.30. The Kier molecular flexibility index (Phi) is 7.63. The maximum atomic E-state index is 12.5. The molecule has 142 valence electrons. The monoisotopic (exact) mass is 360 g/mol. The highest BCUT2D eigenvalue weighted by Gasteiger charge is 2.28. The molecule has 1 heterocycles. The Labute approximate surface area is 154 Å². The second kappa shape index (κ2) is 9.94. The molecule has 26 heavy (non-hydrogen) atoms. The highest BCUT2D eigenvalue weighted by Crippen LogP contribution is 2.28. The number of hydrogen-bond acceptors (Lipinski definition) is 4. The number of nitrogens with one attached hydrogen (secondary N) is 1. The van der Waals surface area contributed by atoms with E-state index in [0.717, 1.165) is 12.8 Å². The number of esters is 1. The van der Waals surface area contributed by atoms with Gasteiger partial charge in [0, 0.05) is 32.1 Å². The lowest BCUT2D eigenvalue weighted by Crippen LogP contribution is -2.39. The van der Waals surface area contributed by atoms with Crippen LogP contribution in [0.1, 0.15) is 42.5 Å². The van der Waals surface area contributed by atoms with Crippen LogP contribution in [0.15, 0.2) is 30.3 Å². The van der Waals surface area contributed by atoms with E-state index in [0.29, 0.717) is 43.8 Å². The van der Waals surface area contributed by atoms with Crippen LogP contribution >= 0.6 is 0 Å². The number of benzene rings is 1. The Morgan fingerprint density at radius 2 is 1.85 bits per heavy atom. The Balaban J connectivity index is 1.86. The van der Waals surface area contributed by atoms with Gasteiger partial charge in [0.25, 0.3) is 5.91 Å². The van der Waals surface area contributed by atoms with E-state index in [1.807, 2.05) is 35.2 Å². The van der Waals surface area contributed by atoms with E-state index >= 15 is 0 Å². The van der Waals surface area contributed by atoms with Crippen molar-refractivity contribution in [3.63, 3.8) is 0 Å². The molecule has 1 N–H and O–H groups in total. The highest BCUT2D eigenvalue weighted by molar-refractivity contribution is 5.94. The molecule has 1 aromatic rings. The van der Waals surface area contributed by atoms with Crippen molar-refractivity contribution < 1.29 is 19.1 Å². The molecular formula is C20H28N2O4. The molecule has 6 nitrogen and oxygen atoms in total. The Hall–Kier alpha value is -2.37. The fourth-order valence-corrected chi connectivity index (χ4v) is 3.47. The Morgan fingerprint density at radius 1 is 1.19 bits per heavy atom. The molecule has 6 heteroatoms. The molecule has 0 radical (unpaired) electrons. The highest BCUT2D eigenvalue weighted by atomic mass is 16.5. The lowest BCUT2D eigenvalue weighted by Gasteiger charge is -2.33. The van der Waals surface area contributed by atoms with E-state index in [9.17, 15) is 14.4 Å². The molecule has 0 bridgehead atoms. The van der Waals surface area contributed by atoms with Gasteiger partial charge in [0.2, 0.25) is 5.91 Å². The van der Waals surface area contributed by atoms with Gasteiger partial charge in [-0.15, -0.1) is 0 Å². The van der Waals surface area contributed by atoms with E-state index in [1.54, 1.807) is 7.05 Å². The number of carbonyl (C=O) groups is 3. The molecule has 0 spiro atoms. The van der Waals surface area contributed by atoms with Crippen LogP contribution in [-0.2, 0) is 14.3 Å². The molecule has 1 saturated heterocycles. The van der Waals surface area contributed by atoms with Crippen LogP contribution in [-0.4, -0.2) is 49.9 Å². The summed E-state index contributed by atoms with van der Waals surface area (Å²) in [5, 5.41) is 2.58. The molecule has 1 aromatic carbocycles. The van der Waals surface area contributed by atoms with Crippen LogP contribution in [0.4, 0.5) is 0 Å². The van der Waals surface area contributed by atoms with E-state index in [1.165, 1.54) is 7.11 Å². The SMILES string of the molecule is CNC(=O)CCC(CC1CCN(C(=O)c2ccccc2)CC1)C(=O)OC. The first-order chi connectivity index (χ1) is 12.5. The van der Waals surface area contributed by atoms with E-state index < -0.39 is 0 Å². The number of ether oxygens (including phenoxy) is 1. The minimum absolute atomic E-state index is 0.0631. The molecule has 1 unspecified atom stereocenters. The fourth-order valence-electron chi connectivity index (χ4n) is 3.47. The van der Waals surface area contributed by atoms with Gasteiger partial charge in [-0.2, -0.15) is 0 Å². The van der Waals surface area contributed by atoms with Crippen molar-refractivity contribution in [3.05, 3.63) is 35.9 Å². The van der Waals surface area contributed by atoms with Crippen molar-refractivity contribution in [1.29, 1.82) is 0 Å². The molecule has 0 saturated carbocycles. The summed E-state index contributed by atoms with van der Waals surface area (Å²) in [5.41, 5.74) is 0.712. The van der Waals surface area contributed by atoms with Crippen LogP contribution in [0.25, 0.3) is 0 Å². The van der Waals surface area contributed by atoms with Gasteiger partial charge in [-0.3, -0.25) is 14.4 Å². The van der Waals surface area contributed by atoms with E-state index in [4.69, 9.17) is 4.74 Å². The summed E-state index contributed by atoms with van der Waals surface area (Å²) < 4.78 is 4.90. The van der Waals surface area contributed by atoms with Crippen molar-refractivity contribution in [3.8, 4) is 0 Å². The van der Waals surface area contributed by atoms with Gasteiger partial charge in [0.15, 0.2) is 0 Å². The van der Waals surface area contributed by atoms with Crippen molar-refractivity contribution >= 4 is 17.8 Å². The summed E-state index contributed by atoms with van der Waals surface area (Å²) >= 11 is 0. The third-order valence-corrected chi connectivity index (χ3v) is 5.07. The summed E-state index contributed by atoms with van der Waals surface area (Å²) in [7, 11) is 2.98. The minimum Gasteiger partial charge on any atom is -0.469 e. The summed E-state index contributed by atoms with van der Waals surface area (Å²) in [6.45, 7) is 1.39. The first-order valence-electron chi connectivity index (χ1n) is 9.17. The van der Waals surface area contributed by atoms with Gasteiger partial charge >= 0.3 is 5.97 Å². The average Bonchev–Trinajstić information content (AvgIpc) is 2.70. The topological polar surface area (TPSA) is 75.7 Å². The zero-order valence-corrected chi connectivity index (χ0v) is 15.6. The zero-order valence-electron chi connectivity index (χ0n) is 15.6. The Morgan fingerprint density at radius 3 is 2.42 bits per heavy atom. The summed E-state index contributed by atoms with van der Waals surface area (Å²) in [6.07, 6.45) is 3.26. The first-order valence-corrected chi connectivity index (χ1v) is 9.17. The van der Waals surface area contributed by atoms with Crippen LogP contribution < -0.4 is 5.32 Å². The zero-order chi connectivity index (χ0) is 18.9. The number of amides is 2. The number of methoxy groups -OCH3 is 1. The van der Waals surface area contributed by atoms with Crippen molar-refractivity contribution in [2.75, 3.05) is 27.2 Å². The molecule has 1 aliphatic heterocycles. The maximum absolute atomic E-state index is 12.5. The standard InChI is InChI=1S/C20H28N2O4/c1-21-18(23)9-8-17(20(25)26-2)14-15-10-12-22(13-11-15)19(24)16-6-4-3-5-7-16/h3-7,15,17H,8-14H2,1-2H3,(H,21,23). The third-order valence-electron chi connectivity index (χ3n) is 5.07. The van der Waals surface area contributed by atoms with Crippen molar-refractivity contribution in [2.24, 2.45) is 11.8 Å². The van der Waals surface area contributed by atoms with Crippen LogP contribution in [0.2, 0.25) is 0 Å². The fraction of sp³-hybridized carbons (Fsp3) is 0.550. The number of piperidine rings is 1. The molecular weight excluding hydrogens is 332 g/mol. The van der Waals surface area contributed by atoms with Gasteiger partial charge in [-0.1, -0.05) is 18.2 Å². The molecule has 2 amide bonds. The second-order valence-corrected chi connectivity index (χ2v) is 6.77. The predicted molar refractivity (Wildman–Crippen MR) is 98.5 cm³/mol. The lowest BCUT2D eigenvalue weighted by atomic mass is 9.85. The average molecular weight is 360 g/mol. The van der Waals surface area contributed by atoms with E-state index in [-0.39, 0.29) is 23.7 Å². The molecule has 1 atom stereocenters. The summed E-state index contributed by atoms with van der Waals surface area (Å²) in [4.78, 5) is 37.9. The molecule has 0 aliphatic carbocycles. The number of carbonyl (C=O) groups excluding carboxylic acids is 3. The number of nitrogens with zero attached hydrogens (tertiary/aromatic N) is 1. The van der Waals surface area contributed by atoms with Gasteiger partial charge in [0.1, 0.15) is 0 Å².